The van der Waals surface area contributed by atoms with Gasteiger partial charge in [-0.2, -0.15) is 0 Å². The first-order chi connectivity index (χ1) is 10.3. The molecule has 0 spiro atoms. The Labute approximate surface area is 123 Å². The molecule has 1 aliphatic rings. The van der Waals surface area contributed by atoms with Crippen molar-refractivity contribution < 1.29 is 5.11 Å². The largest absolute Gasteiger partial charge is 0.507 e. The average Bonchev–Trinajstić information content (AvgIpc) is 2.55. The molecule has 2 nitrogen and oxygen atoms in total. The van der Waals surface area contributed by atoms with Gasteiger partial charge in [-0.05, 0) is 35.4 Å². The molecule has 0 unspecified atom stereocenters. The minimum Gasteiger partial charge on any atom is -0.507 e. The quantitative estimate of drug-likeness (QED) is 0.694. The van der Waals surface area contributed by atoms with Crippen molar-refractivity contribution >= 4 is 11.4 Å². The number of hydrogen-bond acceptors (Lipinski definition) is 2. The normalized spacial score (nSPS) is 12.7. The Morgan fingerprint density at radius 2 is 1.52 bits per heavy atom. The number of para-hydroxylation sites is 1. The number of phenols is 1. The number of rotatable bonds is 1. The van der Waals surface area contributed by atoms with Crippen LogP contribution in [-0.4, -0.2) is 5.11 Å². The maximum absolute atomic E-state index is 10.3. The fourth-order valence-corrected chi connectivity index (χ4v) is 3.03. The van der Waals surface area contributed by atoms with E-state index in [1.54, 1.807) is 6.07 Å². The van der Waals surface area contributed by atoms with Crippen molar-refractivity contribution in [2.45, 2.75) is 6.54 Å². The molecular formula is C19H15NO. The van der Waals surface area contributed by atoms with Crippen molar-refractivity contribution in [3.05, 3.63) is 78.4 Å². The number of hydrogen-bond donors (Lipinski definition) is 1. The summed E-state index contributed by atoms with van der Waals surface area (Å²) in [5.41, 5.74) is 5.47. The van der Waals surface area contributed by atoms with Gasteiger partial charge in [0.2, 0.25) is 0 Å². The van der Waals surface area contributed by atoms with E-state index in [0.717, 1.165) is 29.0 Å². The Kier molecular flexibility index (Phi) is 2.68. The number of aromatic hydroxyl groups is 1. The van der Waals surface area contributed by atoms with Gasteiger partial charge in [-0.25, -0.2) is 0 Å². The monoisotopic (exact) mass is 273 g/mol. The highest BCUT2D eigenvalue weighted by Gasteiger charge is 2.24. The van der Waals surface area contributed by atoms with E-state index in [2.05, 4.69) is 35.2 Å². The van der Waals surface area contributed by atoms with Crippen molar-refractivity contribution in [2.24, 2.45) is 0 Å². The summed E-state index contributed by atoms with van der Waals surface area (Å²) in [5, 5.41) is 10.3. The van der Waals surface area contributed by atoms with Gasteiger partial charge < -0.3 is 10.0 Å². The Morgan fingerprint density at radius 3 is 2.38 bits per heavy atom. The van der Waals surface area contributed by atoms with E-state index in [0.29, 0.717) is 5.75 Å². The maximum atomic E-state index is 10.3. The molecule has 0 saturated carbocycles. The van der Waals surface area contributed by atoms with Crippen LogP contribution < -0.4 is 4.90 Å². The number of fused-ring (bicyclic) bond motifs is 3. The highest BCUT2D eigenvalue weighted by atomic mass is 16.3. The lowest BCUT2D eigenvalue weighted by atomic mass is 9.92. The van der Waals surface area contributed by atoms with Gasteiger partial charge in [0.15, 0.2) is 0 Å². The molecule has 3 aromatic rings. The van der Waals surface area contributed by atoms with E-state index in [-0.39, 0.29) is 0 Å². The number of phenolic OH excluding ortho intramolecular Hbond substituents is 1. The van der Waals surface area contributed by atoms with Gasteiger partial charge >= 0.3 is 0 Å². The SMILES string of the molecule is Oc1cccc2c1-c1ccccc1CN2c1ccccc1. The molecule has 0 saturated heterocycles. The predicted molar refractivity (Wildman–Crippen MR) is 85.8 cm³/mol. The minimum atomic E-state index is 0.334. The van der Waals surface area contributed by atoms with Gasteiger partial charge in [0.05, 0.1) is 5.69 Å². The summed E-state index contributed by atoms with van der Waals surface area (Å²) >= 11 is 0. The van der Waals surface area contributed by atoms with Crippen LogP contribution in [0.25, 0.3) is 11.1 Å². The van der Waals surface area contributed by atoms with Crippen LogP contribution in [0.4, 0.5) is 11.4 Å². The predicted octanol–water partition coefficient (Wildman–Crippen LogP) is 4.71. The van der Waals surface area contributed by atoms with Crippen molar-refractivity contribution in [1.29, 1.82) is 0 Å². The lowest BCUT2D eigenvalue weighted by Crippen LogP contribution is -2.21. The first-order valence-corrected chi connectivity index (χ1v) is 7.07. The third-order valence-electron chi connectivity index (χ3n) is 3.99. The Hall–Kier alpha value is -2.74. The molecule has 2 heteroatoms. The molecule has 0 amide bonds. The molecule has 0 fully saturated rings. The summed E-state index contributed by atoms with van der Waals surface area (Å²) in [7, 11) is 0. The van der Waals surface area contributed by atoms with Gasteiger partial charge in [0.25, 0.3) is 0 Å². The van der Waals surface area contributed by atoms with Crippen LogP contribution >= 0.6 is 0 Å². The van der Waals surface area contributed by atoms with Gasteiger partial charge in [0.1, 0.15) is 5.75 Å². The van der Waals surface area contributed by atoms with Crippen LogP contribution in [0.15, 0.2) is 72.8 Å². The van der Waals surface area contributed by atoms with Crippen molar-refractivity contribution in [2.75, 3.05) is 4.90 Å². The maximum Gasteiger partial charge on any atom is 0.125 e. The summed E-state index contributed by atoms with van der Waals surface area (Å²) in [6, 6.07) is 24.3. The lowest BCUT2D eigenvalue weighted by molar-refractivity contribution is 0.477. The van der Waals surface area contributed by atoms with Gasteiger partial charge in [0, 0.05) is 17.8 Å². The van der Waals surface area contributed by atoms with E-state index in [9.17, 15) is 5.11 Å². The second kappa shape index (κ2) is 4.67. The second-order valence-corrected chi connectivity index (χ2v) is 5.25. The molecule has 3 aromatic carbocycles. The first kappa shape index (κ1) is 12.0. The van der Waals surface area contributed by atoms with Crippen LogP contribution in [0.5, 0.6) is 5.75 Å². The van der Waals surface area contributed by atoms with Gasteiger partial charge in [-0.3, -0.25) is 0 Å². The molecule has 21 heavy (non-hydrogen) atoms. The minimum absolute atomic E-state index is 0.334. The molecule has 1 N–H and O–H groups in total. The van der Waals surface area contributed by atoms with Crippen LogP contribution in [0.3, 0.4) is 0 Å². The number of anilines is 2. The van der Waals surface area contributed by atoms with Gasteiger partial charge in [-0.1, -0.05) is 48.5 Å². The Balaban J connectivity index is 1.98. The molecule has 1 heterocycles. The highest BCUT2D eigenvalue weighted by molar-refractivity contribution is 5.90. The zero-order chi connectivity index (χ0) is 14.2. The standard InChI is InChI=1S/C19H15NO/c21-18-12-6-11-17-19(18)16-10-5-4-7-14(16)13-20(17)15-8-2-1-3-9-15/h1-12,21H,13H2. The number of nitrogens with zero attached hydrogens (tertiary/aromatic N) is 1. The second-order valence-electron chi connectivity index (χ2n) is 5.25. The van der Waals surface area contributed by atoms with Crippen LogP contribution in [0.2, 0.25) is 0 Å². The first-order valence-electron chi connectivity index (χ1n) is 7.07. The van der Waals surface area contributed by atoms with Crippen LogP contribution in [0.1, 0.15) is 5.56 Å². The van der Waals surface area contributed by atoms with Crippen LogP contribution in [-0.2, 0) is 6.54 Å². The summed E-state index contributed by atoms with van der Waals surface area (Å²) < 4.78 is 0. The topological polar surface area (TPSA) is 23.5 Å². The van der Waals surface area contributed by atoms with E-state index >= 15 is 0 Å². The molecule has 1 aliphatic heterocycles. The number of benzene rings is 3. The summed E-state index contributed by atoms with van der Waals surface area (Å²) in [5.74, 6) is 0.334. The average molecular weight is 273 g/mol. The van der Waals surface area contributed by atoms with Crippen molar-refractivity contribution in [3.8, 4) is 16.9 Å². The molecule has 0 radical (unpaired) electrons. The van der Waals surface area contributed by atoms with E-state index in [1.807, 2.05) is 36.4 Å². The highest BCUT2D eigenvalue weighted by Crippen LogP contribution is 2.46. The summed E-state index contributed by atoms with van der Waals surface area (Å²) in [6.45, 7) is 0.816. The third kappa shape index (κ3) is 1.88. The zero-order valence-electron chi connectivity index (χ0n) is 11.5. The molecule has 0 aliphatic carbocycles. The Bertz CT molecular complexity index is 796. The van der Waals surface area contributed by atoms with Gasteiger partial charge in [-0.15, -0.1) is 0 Å². The van der Waals surface area contributed by atoms with Crippen LogP contribution in [0, 0.1) is 0 Å². The smallest absolute Gasteiger partial charge is 0.125 e. The van der Waals surface area contributed by atoms with Crippen molar-refractivity contribution in [1.82, 2.24) is 0 Å². The van der Waals surface area contributed by atoms with E-state index in [1.165, 1.54) is 5.56 Å². The molecule has 102 valence electrons. The van der Waals surface area contributed by atoms with E-state index in [4.69, 9.17) is 0 Å². The summed E-state index contributed by atoms with van der Waals surface area (Å²) in [4.78, 5) is 2.25. The summed E-state index contributed by atoms with van der Waals surface area (Å²) in [6.07, 6.45) is 0. The molecular weight excluding hydrogens is 258 g/mol. The van der Waals surface area contributed by atoms with Crippen molar-refractivity contribution in [3.63, 3.8) is 0 Å². The fraction of sp³-hybridized carbons (Fsp3) is 0.0526. The third-order valence-corrected chi connectivity index (χ3v) is 3.99. The van der Waals surface area contributed by atoms with E-state index < -0.39 is 0 Å². The zero-order valence-corrected chi connectivity index (χ0v) is 11.5. The lowest BCUT2D eigenvalue weighted by Gasteiger charge is -2.33. The molecule has 0 bridgehead atoms. The molecule has 0 aromatic heterocycles. The fourth-order valence-electron chi connectivity index (χ4n) is 3.03. The Morgan fingerprint density at radius 1 is 0.762 bits per heavy atom. The molecule has 4 rings (SSSR count). The molecule has 0 atom stereocenters.